The van der Waals surface area contributed by atoms with Gasteiger partial charge < -0.3 is 14.6 Å². The van der Waals surface area contributed by atoms with E-state index in [4.69, 9.17) is 4.74 Å². The summed E-state index contributed by atoms with van der Waals surface area (Å²) in [4.78, 5) is 41.0. The maximum absolute atomic E-state index is 13.0. The molecule has 0 aliphatic carbocycles. The maximum atomic E-state index is 13.0. The Morgan fingerprint density at radius 3 is 2.56 bits per heavy atom. The van der Waals surface area contributed by atoms with E-state index in [-0.39, 0.29) is 29.5 Å². The van der Waals surface area contributed by atoms with Gasteiger partial charge in [-0.2, -0.15) is 0 Å². The van der Waals surface area contributed by atoms with Gasteiger partial charge in [0.25, 0.3) is 0 Å². The first-order chi connectivity index (χ1) is 11.8. The summed E-state index contributed by atoms with van der Waals surface area (Å²) in [5.41, 5.74) is 2.58. The molecule has 6 nitrogen and oxygen atoms in total. The largest absolute Gasteiger partial charge is 0.466 e. The van der Waals surface area contributed by atoms with Crippen molar-refractivity contribution < 1.29 is 24.0 Å². The van der Waals surface area contributed by atoms with Crippen LogP contribution in [0.3, 0.4) is 0 Å². The molecular weight excluding hydrogens is 320 g/mol. The van der Waals surface area contributed by atoms with E-state index in [2.05, 4.69) is 4.98 Å². The molecule has 6 heteroatoms. The maximum Gasteiger partial charge on any atom is 0.314 e. The molecule has 1 aliphatic rings. The van der Waals surface area contributed by atoms with E-state index in [1.807, 2.05) is 20.8 Å². The third-order valence-corrected chi connectivity index (χ3v) is 5.22. The van der Waals surface area contributed by atoms with E-state index in [9.17, 15) is 14.4 Å². The summed E-state index contributed by atoms with van der Waals surface area (Å²) in [5.74, 6) is -0.346. The summed E-state index contributed by atoms with van der Waals surface area (Å²) in [6, 6.07) is -0.270. The molecule has 1 aromatic heterocycles. The summed E-state index contributed by atoms with van der Waals surface area (Å²) < 4.78 is 5.14. The van der Waals surface area contributed by atoms with E-state index in [0.717, 1.165) is 35.5 Å². The number of ether oxygens (including phenoxy) is 1. The van der Waals surface area contributed by atoms with Gasteiger partial charge in [0.15, 0.2) is 11.8 Å². The van der Waals surface area contributed by atoms with Crippen LogP contribution in [0.1, 0.15) is 65.7 Å². The number of aryl methyl sites for hydroxylation is 1. The van der Waals surface area contributed by atoms with Crippen molar-refractivity contribution in [3.63, 3.8) is 0 Å². The summed E-state index contributed by atoms with van der Waals surface area (Å²) in [7, 11) is 0. The molecule has 0 spiro atoms. The van der Waals surface area contributed by atoms with Crippen molar-refractivity contribution in [2.45, 2.75) is 53.5 Å². The van der Waals surface area contributed by atoms with Crippen LogP contribution in [0.15, 0.2) is 0 Å². The molecule has 0 radical (unpaired) electrons. The molecule has 0 saturated carbocycles. The number of likely N-dealkylation sites (tertiary alicyclic amines) is 1. The number of nitrogens with one attached hydrogen (secondary N) is 2. The topological polar surface area (TPSA) is 80.7 Å². The first-order valence-electron chi connectivity index (χ1n) is 9.03. The molecule has 25 heavy (non-hydrogen) atoms. The minimum atomic E-state index is -0.270. The van der Waals surface area contributed by atoms with Gasteiger partial charge in [-0.3, -0.25) is 14.4 Å². The predicted molar refractivity (Wildman–Crippen MR) is 94.1 cm³/mol. The van der Waals surface area contributed by atoms with Crippen LogP contribution in [-0.2, 0) is 9.53 Å². The van der Waals surface area contributed by atoms with Gasteiger partial charge in [-0.1, -0.05) is 0 Å². The van der Waals surface area contributed by atoms with Crippen LogP contribution >= 0.6 is 0 Å². The highest BCUT2D eigenvalue weighted by Crippen LogP contribution is 2.20. The average Bonchev–Trinajstić information content (AvgIpc) is 2.88. The van der Waals surface area contributed by atoms with E-state index < -0.39 is 0 Å². The molecule has 0 aromatic carbocycles. The number of carbonyl (C=O) groups excluding carboxylic acids is 3. The number of ketones is 2. The van der Waals surface area contributed by atoms with Crippen LogP contribution in [0.5, 0.6) is 0 Å². The number of rotatable bonds is 6. The lowest BCUT2D eigenvalue weighted by Gasteiger charge is -2.32. The van der Waals surface area contributed by atoms with Crippen molar-refractivity contribution in [1.29, 1.82) is 0 Å². The zero-order valence-corrected chi connectivity index (χ0v) is 15.8. The van der Waals surface area contributed by atoms with Gasteiger partial charge in [0.2, 0.25) is 5.78 Å². The Kier molecular flexibility index (Phi) is 6.16. The van der Waals surface area contributed by atoms with Crippen molar-refractivity contribution in [3.05, 3.63) is 22.5 Å². The van der Waals surface area contributed by atoms with Crippen molar-refractivity contribution in [1.82, 2.24) is 4.98 Å². The molecule has 0 amide bonds. The fraction of sp³-hybridized carbons (Fsp3) is 0.632. The first kappa shape index (κ1) is 19.4. The summed E-state index contributed by atoms with van der Waals surface area (Å²) >= 11 is 0. The average molecular weight is 349 g/mol. The van der Waals surface area contributed by atoms with Gasteiger partial charge in [0, 0.05) is 11.3 Å². The first-order valence-corrected chi connectivity index (χ1v) is 9.03. The summed E-state index contributed by atoms with van der Waals surface area (Å²) in [6.45, 7) is 10.7. The number of aromatic nitrogens is 1. The van der Waals surface area contributed by atoms with Crippen LogP contribution in [-0.4, -0.2) is 48.3 Å². The number of hydrogen-bond acceptors (Lipinski definition) is 4. The summed E-state index contributed by atoms with van der Waals surface area (Å²) in [5, 5.41) is 0. The molecule has 1 unspecified atom stereocenters. The molecule has 3 atom stereocenters. The number of hydrogen-bond donors (Lipinski definition) is 2. The van der Waals surface area contributed by atoms with Crippen LogP contribution in [0.25, 0.3) is 0 Å². The monoisotopic (exact) mass is 349 g/mol. The number of piperidine rings is 1. The van der Waals surface area contributed by atoms with E-state index in [1.54, 1.807) is 6.92 Å². The van der Waals surface area contributed by atoms with Crippen molar-refractivity contribution >= 4 is 17.5 Å². The van der Waals surface area contributed by atoms with Gasteiger partial charge >= 0.3 is 5.97 Å². The Bertz CT molecular complexity index is 677. The molecule has 1 fully saturated rings. The Morgan fingerprint density at radius 2 is 2.00 bits per heavy atom. The number of esters is 1. The second-order valence-electron chi connectivity index (χ2n) is 6.97. The van der Waals surface area contributed by atoms with E-state index >= 15 is 0 Å². The van der Waals surface area contributed by atoms with Gasteiger partial charge in [0.05, 0.1) is 25.4 Å². The highest BCUT2D eigenvalue weighted by molar-refractivity contribution is 6.04. The zero-order chi connectivity index (χ0) is 18.7. The smallest absolute Gasteiger partial charge is 0.314 e. The molecule has 2 N–H and O–H groups in total. The standard InChI is InChI=1S/C19H28N2O4/c1-6-25-19(24)15-8-7-9-21(10-15)13(4)18(23)17-11(2)16(14(5)22)12(3)20-17/h13,15,20H,6-10H2,1-5H3/p+1/t13-,15+/m0/s1. The Hall–Kier alpha value is -1.95. The quantitative estimate of drug-likeness (QED) is 0.599. The molecule has 1 saturated heterocycles. The highest BCUT2D eigenvalue weighted by atomic mass is 16.5. The molecule has 0 bridgehead atoms. The lowest BCUT2D eigenvalue weighted by atomic mass is 9.95. The third-order valence-electron chi connectivity index (χ3n) is 5.22. The van der Waals surface area contributed by atoms with Crippen LogP contribution in [0, 0.1) is 19.8 Å². The van der Waals surface area contributed by atoms with E-state index in [1.165, 1.54) is 6.92 Å². The van der Waals surface area contributed by atoms with Crippen LogP contribution in [0.4, 0.5) is 0 Å². The van der Waals surface area contributed by atoms with Crippen LogP contribution < -0.4 is 4.90 Å². The van der Waals surface area contributed by atoms with Crippen molar-refractivity contribution in [2.75, 3.05) is 19.7 Å². The number of aromatic amines is 1. The Morgan fingerprint density at radius 1 is 1.32 bits per heavy atom. The summed E-state index contributed by atoms with van der Waals surface area (Å²) in [6.07, 6.45) is 1.72. The minimum absolute atomic E-state index is 0.00684. The molecule has 2 rings (SSSR count). The number of carbonyl (C=O) groups is 3. The van der Waals surface area contributed by atoms with Gasteiger partial charge in [0.1, 0.15) is 5.92 Å². The lowest BCUT2D eigenvalue weighted by molar-refractivity contribution is -0.920. The molecule has 2 heterocycles. The van der Waals surface area contributed by atoms with E-state index in [0.29, 0.717) is 24.4 Å². The number of Topliss-reactive ketones (excluding diaryl/α,β-unsaturated/α-hetero) is 2. The van der Waals surface area contributed by atoms with Gasteiger partial charge in [-0.25, -0.2) is 0 Å². The second-order valence-corrected chi connectivity index (χ2v) is 6.97. The highest BCUT2D eigenvalue weighted by Gasteiger charge is 2.36. The molecule has 138 valence electrons. The number of quaternary nitrogens is 1. The third kappa shape index (κ3) is 4.00. The fourth-order valence-electron chi connectivity index (χ4n) is 3.88. The second kappa shape index (κ2) is 7.95. The molecular formula is C19H29N2O4+. The zero-order valence-electron chi connectivity index (χ0n) is 15.8. The normalized spacial score (nSPS) is 21.6. The Balaban J connectivity index is 2.16. The van der Waals surface area contributed by atoms with Crippen molar-refractivity contribution in [2.24, 2.45) is 5.92 Å². The predicted octanol–water partition coefficient (Wildman–Crippen LogP) is 1.26. The molecule has 1 aromatic rings. The number of H-pyrrole nitrogens is 1. The van der Waals surface area contributed by atoms with Gasteiger partial charge in [-0.15, -0.1) is 0 Å². The van der Waals surface area contributed by atoms with Crippen molar-refractivity contribution in [3.8, 4) is 0 Å². The van der Waals surface area contributed by atoms with Gasteiger partial charge in [-0.05, 0) is 53.0 Å². The fourth-order valence-corrected chi connectivity index (χ4v) is 3.88. The van der Waals surface area contributed by atoms with Crippen LogP contribution in [0.2, 0.25) is 0 Å². The minimum Gasteiger partial charge on any atom is -0.466 e. The molecule has 1 aliphatic heterocycles. The Labute approximate surface area is 148 Å². The lowest BCUT2D eigenvalue weighted by Crippen LogP contribution is -3.18. The SMILES string of the molecule is CCOC(=O)[C@@H]1CCC[NH+]([C@@H](C)C(=O)c2[nH]c(C)c(C(C)=O)c2C)C1.